The van der Waals surface area contributed by atoms with E-state index in [-0.39, 0.29) is 17.7 Å². The lowest BCUT2D eigenvalue weighted by Crippen LogP contribution is -2.47. The number of nitrogens with zero attached hydrogens (tertiary/aromatic N) is 3. The Balaban J connectivity index is 1.44. The molecule has 0 spiro atoms. The molecular weight excluding hydrogens is 412 g/mol. The molecule has 32 heavy (non-hydrogen) atoms. The Labute approximate surface area is 186 Å². The number of aromatic nitrogens is 1. The maximum absolute atomic E-state index is 13.5. The van der Waals surface area contributed by atoms with Gasteiger partial charge in [0.1, 0.15) is 11.6 Å². The minimum Gasteiger partial charge on any atom is -0.465 e. The summed E-state index contributed by atoms with van der Waals surface area (Å²) in [4.78, 5) is 20.6. The molecule has 1 fully saturated rings. The summed E-state index contributed by atoms with van der Waals surface area (Å²) in [6.45, 7) is 3.96. The first kappa shape index (κ1) is 22.0. The topological polar surface area (TPSA) is 45.7 Å². The van der Waals surface area contributed by atoms with Gasteiger partial charge in [0.25, 0.3) is 0 Å². The number of piperazine rings is 1. The van der Waals surface area contributed by atoms with Gasteiger partial charge in [-0.05, 0) is 47.5 Å². The Morgan fingerprint density at radius 2 is 1.47 bits per heavy atom. The molecule has 0 bridgehead atoms. The SMILES string of the molecule is COC(=O)c1ccc(CN2CCN(C(c3ccc(F)cc3)c3ccc(F)cc3)CC2)nc1. The lowest BCUT2D eigenvalue weighted by Gasteiger charge is -2.39. The van der Waals surface area contributed by atoms with Crippen molar-refractivity contribution in [3.8, 4) is 0 Å². The van der Waals surface area contributed by atoms with E-state index in [1.54, 1.807) is 30.3 Å². The second-order valence-electron chi connectivity index (χ2n) is 7.85. The number of ether oxygens (including phenoxy) is 1. The van der Waals surface area contributed by atoms with Gasteiger partial charge in [-0.3, -0.25) is 14.8 Å². The number of hydrogen-bond acceptors (Lipinski definition) is 5. The molecule has 1 aromatic heterocycles. The van der Waals surface area contributed by atoms with Crippen molar-refractivity contribution in [1.29, 1.82) is 0 Å². The number of rotatable bonds is 6. The van der Waals surface area contributed by atoms with Crippen LogP contribution in [0.1, 0.15) is 33.2 Å². The van der Waals surface area contributed by atoms with Gasteiger partial charge in [0, 0.05) is 38.9 Å². The summed E-state index contributed by atoms with van der Waals surface area (Å²) < 4.78 is 31.7. The number of pyridine rings is 1. The van der Waals surface area contributed by atoms with Crippen molar-refractivity contribution in [3.05, 3.63) is 101 Å². The van der Waals surface area contributed by atoms with E-state index in [0.29, 0.717) is 12.1 Å². The molecule has 4 rings (SSSR count). The first-order valence-corrected chi connectivity index (χ1v) is 10.5. The first-order valence-electron chi connectivity index (χ1n) is 10.5. The summed E-state index contributed by atoms with van der Waals surface area (Å²) in [6.07, 6.45) is 1.54. The van der Waals surface area contributed by atoms with Gasteiger partial charge < -0.3 is 4.74 Å². The standard InChI is InChI=1S/C25H25F2N3O2/c1-32-25(31)20-6-11-23(28-16-20)17-29-12-14-30(15-13-29)24(18-2-7-21(26)8-3-18)19-4-9-22(27)10-5-19/h2-11,16,24H,12-15,17H2,1H3. The van der Waals surface area contributed by atoms with Crippen LogP contribution in [-0.4, -0.2) is 54.0 Å². The molecule has 7 heteroatoms. The van der Waals surface area contributed by atoms with Gasteiger partial charge in [-0.15, -0.1) is 0 Å². The van der Waals surface area contributed by atoms with E-state index in [1.165, 1.54) is 37.6 Å². The summed E-state index contributed by atoms with van der Waals surface area (Å²) in [7, 11) is 1.35. The lowest BCUT2D eigenvalue weighted by molar-refractivity contribution is 0.0600. The molecule has 1 aliphatic rings. The predicted octanol–water partition coefficient (Wildman–Crippen LogP) is 4.05. The van der Waals surface area contributed by atoms with Gasteiger partial charge in [0.15, 0.2) is 0 Å². The largest absolute Gasteiger partial charge is 0.465 e. The van der Waals surface area contributed by atoms with Crippen LogP contribution in [0.5, 0.6) is 0 Å². The maximum atomic E-state index is 13.5. The lowest BCUT2D eigenvalue weighted by atomic mass is 9.96. The molecule has 0 unspecified atom stereocenters. The minimum absolute atomic E-state index is 0.0733. The van der Waals surface area contributed by atoms with Crippen molar-refractivity contribution in [3.63, 3.8) is 0 Å². The molecule has 3 aromatic rings. The summed E-state index contributed by atoms with van der Waals surface area (Å²) in [5.74, 6) is -0.949. The summed E-state index contributed by atoms with van der Waals surface area (Å²) in [6, 6.07) is 16.5. The van der Waals surface area contributed by atoms with Gasteiger partial charge in [-0.2, -0.15) is 0 Å². The molecule has 1 saturated heterocycles. The molecule has 2 heterocycles. The average molecular weight is 437 g/mol. The van der Waals surface area contributed by atoms with Crippen LogP contribution in [0, 0.1) is 11.6 Å². The van der Waals surface area contributed by atoms with Crippen LogP contribution < -0.4 is 0 Å². The number of benzene rings is 2. The van der Waals surface area contributed by atoms with E-state index in [2.05, 4.69) is 14.8 Å². The Kier molecular flexibility index (Phi) is 6.87. The highest BCUT2D eigenvalue weighted by molar-refractivity contribution is 5.88. The second-order valence-corrected chi connectivity index (χ2v) is 7.85. The number of methoxy groups -OCH3 is 1. The monoisotopic (exact) mass is 437 g/mol. The summed E-state index contributed by atoms with van der Waals surface area (Å²) in [5.41, 5.74) is 3.28. The van der Waals surface area contributed by atoms with Gasteiger partial charge in [-0.1, -0.05) is 24.3 Å². The van der Waals surface area contributed by atoms with Crippen LogP contribution in [0.15, 0.2) is 66.9 Å². The Bertz CT molecular complexity index is 987. The van der Waals surface area contributed by atoms with E-state index in [9.17, 15) is 13.6 Å². The van der Waals surface area contributed by atoms with Crippen molar-refractivity contribution < 1.29 is 18.3 Å². The van der Waals surface area contributed by atoms with Crippen molar-refractivity contribution in [2.45, 2.75) is 12.6 Å². The second kappa shape index (κ2) is 9.97. The van der Waals surface area contributed by atoms with E-state index in [1.807, 2.05) is 6.07 Å². The predicted molar refractivity (Wildman–Crippen MR) is 117 cm³/mol. The Hall–Kier alpha value is -3.16. The van der Waals surface area contributed by atoms with E-state index >= 15 is 0 Å². The average Bonchev–Trinajstić information content (AvgIpc) is 2.83. The fourth-order valence-corrected chi connectivity index (χ4v) is 4.07. The third kappa shape index (κ3) is 5.18. The van der Waals surface area contributed by atoms with Crippen molar-refractivity contribution >= 4 is 5.97 Å². The van der Waals surface area contributed by atoms with Crippen LogP contribution in [-0.2, 0) is 11.3 Å². The van der Waals surface area contributed by atoms with Crippen LogP contribution in [0.25, 0.3) is 0 Å². The van der Waals surface area contributed by atoms with Crippen LogP contribution in [0.2, 0.25) is 0 Å². The van der Waals surface area contributed by atoms with E-state index in [4.69, 9.17) is 4.74 Å². The number of carbonyl (C=O) groups is 1. The van der Waals surface area contributed by atoms with Gasteiger partial charge in [-0.25, -0.2) is 13.6 Å². The smallest absolute Gasteiger partial charge is 0.339 e. The molecule has 1 aliphatic heterocycles. The molecule has 0 amide bonds. The van der Waals surface area contributed by atoms with Gasteiger partial charge >= 0.3 is 5.97 Å². The molecule has 0 aliphatic carbocycles. The fraction of sp³-hybridized carbons (Fsp3) is 0.280. The number of hydrogen-bond donors (Lipinski definition) is 0. The first-order chi connectivity index (χ1) is 15.5. The quantitative estimate of drug-likeness (QED) is 0.545. The maximum Gasteiger partial charge on any atom is 0.339 e. The van der Waals surface area contributed by atoms with Crippen LogP contribution in [0.4, 0.5) is 8.78 Å². The van der Waals surface area contributed by atoms with Crippen LogP contribution in [0.3, 0.4) is 0 Å². The van der Waals surface area contributed by atoms with Gasteiger partial charge in [0.2, 0.25) is 0 Å². The normalized spacial score (nSPS) is 15.1. The van der Waals surface area contributed by atoms with E-state index < -0.39 is 5.97 Å². The number of carbonyl (C=O) groups excluding carboxylic acids is 1. The zero-order valence-corrected chi connectivity index (χ0v) is 17.9. The summed E-state index contributed by atoms with van der Waals surface area (Å²) >= 11 is 0. The Morgan fingerprint density at radius 3 is 1.94 bits per heavy atom. The fourth-order valence-electron chi connectivity index (χ4n) is 4.07. The molecular formula is C25H25F2N3O2. The van der Waals surface area contributed by atoms with Crippen molar-refractivity contribution in [1.82, 2.24) is 14.8 Å². The highest BCUT2D eigenvalue weighted by Gasteiger charge is 2.26. The highest BCUT2D eigenvalue weighted by atomic mass is 19.1. The summed E-state index contributed by atoms with van der Waals surface area (Å²) in [5, 5.41) is 0. The molecule has 166 valence electrons. The van der Waals surface area contributed by atoms with Gasteiger partial charge in [0.05, 0.1) is 24.4 Å². The van der Waals surface area contributed by atoms with Crippen molar-refractivity contribution in [2.75, 3.05) is 33.3 Å². The Morgan fingerprint density at radius 1 is 0.906 bits per heavy atom. The number of halogens is 2. The molecule has 5 nitrogen and oxygen atoms in total. The molecule has 2 aromatic carbocycles. The molecule has 0 saturated carbocycles. The minimum atomic E-state index is -0.398. The molecule has 0 N–H and O–H groups in total. The molecule has 0 radical (unpaired) electrons. The van der Waals surface area contributed by atoms with Crippen LogP contribution >= 0.6 is 0 Å². The van der Waals surface area contributed by atoms with Crippen molar-refractivity contribution in [2.24, 2.45) is 0 Å². The number of esters is 1. The molecule has 0 atom stereocenters. The third-order valence-electron chi connectivity index (χ3n) is 5.77. The third-order valence-corrected chi connectivity index (χ3v) is 5.77. The highest BCUT2D eigenvalue weighted by Crippen LogP contribution is 2.30. The zero-order chi connectivity index (χ0) is 22.5. The van der Waals surface area contributed by atoms with E-state index in [0.717, 1.165) is 43.0 Å². The zero-order valence-electron chi connectivity index (χ0n) is 17.9.